The van der Waals surface area contributed by atoms with Crippen LogP contribution in [0.3, 0.4) is 0 Å². The Morgan fingerprint density at radius 1 is 1.29 bits per heavy atom. The minimum absolute atomic E-state index is 0.293. The van der Waals surface area contributed by atoms with Gasteiger partial charge >= 0.3 is 0 Å². The van der Waals surface area contributed by atoms with Crippen LogP contribution in [0.1, 0.15) is 29.2 Å². The van der Waals surface area contributed by atoms with Crippen molar-refractivity contribution in [1.82, 2.24) is 29.1 Å². The minimum atomic E-state index is -0.330. The van der Waals surface area contributed by atoms with Crippen LogP contribution in [0.25, 0.3) is 5.78 Å². The molecule has 106 valence electrons. The molecular weight excluding hydrogens is 270 g/mol. The van der Waals surface area contributed by atoms with Crippen molar-refractivity contribution >= 4 is 17.6 Å². The lowest BCUT2D eigenvalue weighted by Crippen LogP contribution is -2.14. The number of imidazole rings is 1. The zero-order chi connectivity index (χ0) is 14.2. The lowest BCUT2D eigenvalue weighted by atomic mass is 10.2. The molecule has 0 unspecified atom stereocenters. The molecule has 0 atom stereocenters. The number of hydrogen-bond acceptors (Lipinski definition) is 5. The van der Waals surface area contributed by atoms with Crippen LogP contribution in [-0.2, 0) is 13.0 Å². The van der Waals surface area contributed by atoms with Crippen LogP contribution < -0.4 is 5.32 Å². The minimum Gasteiger partial charge on any atom is -0.290 e. The summed E-state index contributed by atoms with van der Waals surface area (Å²) < 4.78 is 3.55. The molecule has 1 aliphatic heterocycles. The van der Waals surface area contributed by atoms with E-state index in [1.807, 2.05) is 4.68 Å². The maximum Gasteiger partial charge on any atom is 0.278 e. The largest absolute Gasteiger partial charge is 0.290 e. The highest BCUT2D eigenvalue weighted by molar-refractivity contribution is 6.02. The second kappa shape index (κ2) is 4.65. The topological polar surface area (TPSA) is 90.0 Å². The Balaban J connectivity index is 1.58. The van der Waals surface area contributed by atoms with Gasteiger partial charge in [0.2, 0.25) is 11.7 Å². The maximum atomic E-state index is 12.2. The number of carbonyl (C=O) groups is 1. The third-order valence-corrected chi connectivity index (χ3v) is 3.46. The van der Waals surface area contributed by atoms with Crippen molar-refractivity contribution in [2.75, 3.05) is 5.32 Å². The van der Waals surface area contributed by atoms with Crippen LogP contribution in [0.2, 0.25) is 0 Å². The normalized spacial score (nSPS) is 14.1. The first-order valence-electron chi connectivity index (χ1n) is 6.84. The molecule has 8 heteroatoms. The van der Waals surface area contributed by atoms with Crippen LogP contribution in [0.5, 0.6) is 0 Å². The predicted molar refractivity (Wildman–Crippen MR) is 73.9 cm³/mol. The number of anilines is 1. The van der Waals surface area contributed by atoms with Gasteiger partial charge in [0.25, 0.3) is 5.91 Å². The van der Waals surface area contributed by atoms with Crippen LogP contribution in [0.15, 0.2) is 24.7 Å². The van der Waals surface area contributed by atoms with Crippen LogP contribution >= 0.6 is 0 Å². The second-order valence-corrected chi connectivity index (χ2v) is 4.94. The molecule has 21 heavy (non-hydrogen) atoms. The van der Waals surface area contributed by atoms with E-state index in [9.17, 15) is 4.79 Å². The van der Waals surface area contributed by atoms with Crippen LogP contribution in [-0.4, -0.2) is 35.0 Å². The standard InChI is InChI=1S/C13H13N7O/c21-11(9-8-19-6-3-5-14-13(19)15-9)17-12-16-10-4-1-2-7-20(10)18-12/h3,5-6,8H,1-2,4,7H2,(H,17,18,21). The molecule has 0 spiro atoms. The highest BCUT2D eigenvalue weighted by Crippen LogP contribution is 2.14. The Hall–Kier alpha value is -2.77. The van der Waals surface area contributed by atoms with E-state index in [1.54, 1.807) is 29.1 Å². The molecular formula is C13H13N7O. The summed E-state index contributed by atoms with van der Waals surface area (Å²) >= 11 is 0. The van der Waals surface area contributed by atoms with Crippen molar-refractivity contribution in [2.24, 2.45) is 0 Å². The van der Waals surface area contributed by atoms with Gasteiger partial charge in [0, 0.05) is 31.6 Å². The summed E-state index contributed by atoms with van der Waals surface area (Å²) in [5.41, 5.74) is 0.293. The maximum absolute atomic E-state index is 12.2. The Morgan fingerprint density at radius 2 is 2.24 bits per heavy atom. The third kappa shape index (κ3) is 2.14. The second-order valence-electron chi connectivity index (χ2n) is 4.94. The van der Waals surface area contributed by atoms with Gasteiger partial charge in [0.15, 0.2) is 0 Å². The van der Waals surface area contributed by atoms with Gasteiger partial charge < -0.3 is 0 Å². The van der Waals surface area contributed by atoms with Gasteiger partial charge in [-0.25, -0.2) is 14.6 Å². The highest BCUT2D eigenvalue weighted by Gasteiger charge is 2.17. The lowest BCUT2D eigenvalue weighted by Gasteiger charge is -2.09. The van der Waals surface area contributed by atoms with Gasteiger partial charge in [-0.2, -0.15) is 4.98 Å². The summed E-state index contributed by atoms with van der Waals surface area (Å²) in [7, 11) is 0. The van der Waals surface area contributed by atoms with Gasteiger partial charge in [-0.1, -0.05) is 0 Å². The Bertz CT molecular complexity index is 762. The zero-order valence-corrected chi connectivity index (χ0v) is 11.2. The molecule has 1 amide bonds. The fourth-order valence-corrected chi connectivity index (χ4v) is 2.44. The van der Waals surface area contributed by atoms with Gasteiger partial charge in [-0.05, 0) is 18.9 Å². The first kappa shape index (κ1) is 12.0. The van der Waals surface area contributed by atoms with Gasteiger partial charge in [-0.15, -0.1) is 5.10 Å². The van der Waals surface area contributed by atoms with Crippen molar-refractivity contribution in [3.8, 4) is 0 Å². The molecule has 0 radical (unpaired) electrons. The summed E-state index contributed by atoms with van der Waals surface area (Å²) in [5, 5.41) is 6.98. The summed E-state index contributed by atoms with van der Waals surface area (Å²) in [5.74, 6) is 1.42. The average Bonchev–Trinajstić information content (AvgIpc) is 3.10. The fourth-order valence-electron chi connectivity index (χ4n) is 2.44. The van der Waals surface area contributed by atoms with E-state index < -0.39 is 0 Å². The number of amides is 1. The van der Waals surface area contributed by atoms with E-state index in [0.717, 1.165) is 31.6 Å². The van der Waals surface area contributed by atoms with Crippen molar-refractivity contribution in [1.29, 1.82) is 0 Å². The number of fused-ring (bicyclic) bond motifs is 2. The van der Waals surface area contributed by atoms with Crippen LogP contribution in [0, 0.1) is 0 Å². The number of nitrogens with zero attached hydrogens (tertiary/aromatic N) is 6. The molecule has 0 saturated heterocycles. The summed E-state index contributed by atoms with van der Waals surface area (Å²) in [6.07, 6.45) is 8.18. The molecule has 0 saturated carbocycles. The fraction of sp³-hybridized carbons (Fsp3) is 0.308. The first-order valence-corrected chi connectivity index (χ1v) is 6.84. The van der Waals surface area contributed by atoms with E-state index in [0.29, 0.717) is 17.4 Å². The molecule has 0 bridgehead atoms. The average molecular weight is 283 g/mol. The molecule has 4 rings (SSSR count). The number of nitrogens with one attached hydrogen (secondary N) is 1. The first-order chi connectivity index (χ1) is 10.3. The number of carbonyl (C=O) groups excluding carboxylic acids is 1. The monoisotopic (exact) mass is 283 g/mol. The van der Waals surface area contributed by atoms with Gasteiger partial charge in [0.05, 0.1) is 0 Å². The number of aromatic nitrogens is 6. The summed E-state index contributed by atoms with van der Waals surface area (Å²) in [6.45, 7) is 0.858. The molecule has 1 aliphatic rings. The lowest BCUT2D eigenvalue weighted by molar-refractivity contribution is 0.102. The smallest absolute Gasteiger partial charge is 0.278 e. The number of hydrogen-bond donors (Lipinski definition) is 1. The molecule has 0 aromatic carbocycles. The van der Waals surface area contributed by atoms with Crippen molar-refractivity contribution < 1.29 is 4.79 Å². The Kier molecular flexibility index (Phi) is 2.66. The van der Waals surface area contributed by atoms with Crippen molar-refractivity contribution in [2.45, 2.75) is 25.8 Å². The summed E-state index contributed by atoms with van der Waals surface area (Å²) in [4.78, 5) is 24.8. The SMILES string of the molecule is O=C(Nc1nc2n(n1)CCCC2)c1cn2cccnc2n1. The number of rotatable bonds is 2. The zero-order valence-electron chi connectivity index (χ0n) is 11.2. The van der Waals surface area contributed by atoms with E-state index in [4.69, 9.17) is 0 Å². The Morgan fingerprint density at radius 3 is 3.10 bits per heavy atom. The van der Waals surface area contributed by atoms with Gasteiger partial charge in [0.1, 0.15) is 11.5 Å². The molecule has 8 nitrogen and oxygen atoms in total. The molecule has 4 heterocycles. The number of aryl methyl sites for hydroxylation is 2. The van der Waals surface area contributed by atoms with E-state index >= 15 is 0 Å². The Labute approximate surface area is 119 Å². The predicted octanol–water partition coefficient (Wildman–Crippen LogP) is 0.909. The quantitative estimate of drug-likeness (QED) is 0.755. The molecule has 0 aliphatic carbocycles. The van der Waals surface area contributed by atoms with E-state index in [-0.39, 0.29) is 5.91 Å². The molecule has 3 aromatic heterocycles. The van der Waals surface area contributed by atoms with Gasteiger partial charge in [-0.3, -0.25) is 14.5 Å². The summed E-state index contributed by atoms with van der Waals surface area (Å²) in [6, 6.07) is 1.78. The molecule has 1 N–H and O–H groups in total. The van der Waals surface area contributed by atoms with E-state index in [1.165, 1.54) is 0 Å². The highest BCUT2D eigenvalue weighted by atomic mass is 16.2. The molecule has 3 aromatic rings. The van der Waals surface area contributed by atoms with Crippen LogP contribution in [0.4, 0.5) is 5.95 Å². The molecule has 0 fully saturated rings. The van der Waals surface area contributed by atoms with Crippen molar-refractivity contribution in [3.63, 3.8) is 0 Å². The van der Waals surface area contributed by atoms with Crippen molar-refractivity contribution in [3.05, 3.63) is 36.2 Å². The van der Waals surface area contributed by atoms with E-state index in [2.05, 4.69) is 25.4 Å². The third-order valence-electron chi connectivity index (χ3n) is 3.46.